The number of nitrogens with zero attached hydrogens (tertiary/aromatic N) is 1. The predicted octanol–water partition coefficient (Wildman–Crippen LogP) is 11.2. The average Bonchev–Trinajstić information content (AvgIpc) is 3.09. The minimum Gasteiger partial charge on any atom is -0.756 e. The van der Waals surface area contributed by atoms with E-state index in [1.54, 1.807) is 0 Å². The van der Waals surface area contributed by atoms with Crippen LogP contribution in [0, 0.1) is 0 Å². The van der Waals surface area contributed by atoms with Crippen LogP contribution in [0.5, 0.6) is 0 Å². The van der Waals surface area contributed by atoms with E-state index in [4.69, 9.17) is 18.5 Å². The van der Waals surface area contributed by atoms with Gasteiger partial charge in [-0.1, -0.05) is 154 Å². The Hall–Kier alpha value is -1.25. The zero-order chi connectivity index (χ0) is 38.6. The largest absolute Gasteiger partial charge is 0.756 e. The number of rotatable bonds is 39. The van der Waals surface area contributed by atoms with Crippen molar-refractivity contribution in [1.29, 1.82) is 0 Å². The highest BCUT2D eigenvalue weighted by molar-refractivity contribution is 7.45. The van der Waals surface area contributed by atoms with E-state index in [1.807, 2.05) is 21.1 Å². The molecule has 0 aliphatic rings. The molecule has 0 aliphatic heterocycles. The van der Waals surface area contributed by atoms with Crippen molar-refractivity contribution < 1.29 is 42.1 Å². The number of carbonyl (C=O) groups is 2. The molecule has 0 aromatic heterocycles. The summed E-state index contributed by atoms with van der Waals surface area (Å²) in [6.07, 6.45) is 35.1. The molecular weight excluding hydrogens is 677 g/mol. The number of hydrogen-bond donors (Lipinski definition) is 0. The van der Waals surface area contributed by atoms with Crippen LogP contribution in [-0.2, 0) is 32.7 Å². The SMILES string of the molecule is CCCCCCCC/C=C\CCCCCCCC(=O)OC[C@H](COP(=O)([O-])OCC[N+](C)(C)C)OC(=O)CCCCCCCCCCCCCCC. The van der Waals surface area contributed by atoms with Crippen LogP contribution in [-0.4, -0.2) is 70.0 Å². The molecule has 1 unspecified atom stereocenters. The summed E-state index contributed by atoms with van der Waals surface area (Å²) in [5.41, 5.74) is 0. The fourth-order valence-corrected chi connectivity index (χ4v) is 6.61. The highest BCUT2D eigenvalue weighted by Crippen LogP contribution is 2.38. The van der Waals surface area contributed by atoms with Crippen molar-refractivity contribution in [1.82, 2.24) is 0 Å². The van der Waals surface area contributed by atoms with Gasteiger partial charge in [-0.2, -0.15) is 0 Å². The third kappa shape index (κ3) is 38.5. The summed E-state index contributed by atoms with van der Waals surface area (Å²) in [6.45, 7) is 4.22. The summed E-state index contributed by atoms with van der Waals surface area (Å²) in [5, 5.41) is 0. The Morgan fingerprint density at radius 1 is 0.577 bits per heavy atom. The van der Waals surface area contributed by atoms with Crippen LogP contribution >= 0.6 is 7.82 Å². The van der Waals surface area contributed by atoms with Crippen LogP contribution in [0.1, 0.15) is 194 Å². The van der Waals surface area contributed by atoms with Gasteiger partial charge in [-0.3, -0.25) is 14.2 Å². The topological polar surface area (TPSA) is 111 Å². The van der Waals surface area contributed by atoms with Gasteiger partial charge in [0.15, 0.2) is 6.10 Å². The minimum absolute atomic E-state index is 0.0290. The number of esters is 2. The molecule has 0 heterocycles. The second kappa shape index (κ2) is 35.5. The number of quaternary nitrogens is 1. The van der Waals surface area contributed by atoms with Crippen LogP contribution in [0.15, 0.2) is 12.2 Å². The summed E-state index contributed by atoms with van der Waals surface area (Å²) < 4.78 is 33.8. The molecule has 10 heteroatoms. The molecule has 0 rings (SSSR count). The van der Waals surface area contributed by atoms with Crippen LogP contribution in [0.2, 0.25) is 0 Å². The smallest absolute Gasteiger partial charge is 0.306 e. The van der Waals surface area contributed by atoms with E-state index in [0.29, 0.717) is 17.4 Å². The summed E-state index contributed by atoms with van der Waals surface area (Å²) in [4.78, 5) is 37.4. The Labute approximate surface area is 320 Å². The van der Waals surface area contributed by atoms with Crippen molar-refractivity contribution in [2.24, 2.45) is 0 Å². The molecule has 0 amide bonds. The van der Waals surface area contributed by atoms with E-state index < -0.39 is 26.5 Å². The van der Waals surface area contributed by atoms with Crippen LogP contribution in [0.25, 0.3) is 0 Å². The summed E-state index contributed by atoms with van der Waals surface area (Å²) in [7, 11) is 1.17. The van der Waals surface area contributed by atoms with Crippen LogP contribution in [0.4, 0.5) is 0 Å². The molecule has 0 aromatic carbocycles. The first-order valence-corrected chi connectivity index (χ1v) is 22.9. The minimum atomic E-state index is -4.62. The number of ether oxygens (including phenoxy) is 2. The van der Waals surface area contributed by atoms with Gasteiger partial charge in [0.2, 0.25) is 0 Å². The van der Waals surface area contributed by atoms with Crippen molar-refractivity contribution in [2.45, 2.75) is 200 Å². The highest BCUT2D eigenvalue weighted by Gasteiger charge is 2.21. The molecule has 0 bridgehead atoms. The molecule has 2 atom stereocenters. The van der Waals surface area contributed by atoms with Gasteiger partial charge >= 0.3 is 11.9 Å². The maximum atomic E-state index is 12.6. The average molecular weight is 760 g/mol. The lowest BCUT2D eigenvalue weighted by molar-refractivity contribution is -0.870. The van der Waals surface area contributed by atoms with Gasteiger partial charge in [0.25, 0.3) is 7.82 Å². The molecule has 0 radical (unpaired) electrons. The zero-order valence-electron chi connectivity index (χ0n) is 34.5. The second-order valence-electron chi connectivity index (χ2n) is 15.7. The van der Waals surface area contributed by atoms with E-state index in [2.05, 4.69) is 26.0 Å². The first-order valence-electron chi connectivity index (χ1n) is 21.4. The fraction of sp³-hybridized carbons (Fsp3) is 0.905. The van der Waals surface area contributed by atoms with Crippen LogP contribution < -0.4 is 4.89 Å². The molecule has 0 fully saturated rings. The zero-order valence-corrected chi connectivity index (χ0v) is 35.4. The Balaban J connectivity index is 4.37. The van der Waals surface area contributed by atoms with Gasteiger partial charge in [-0.15, -0.1) is 0 Å². The van der Waals surface area contributed by atoms with E-state index in [0.717, 1.165) is 51.4 Å². The van der Waals surface area contributed by atoms with Gasteiger partial charge in [-0.05, 0) is 38.5 Å². The molecule has 0 spiro atoms. The number of phosphoric ester groups is 1. The number of likely N-dealkylation sites (N-methyl/N-ethyl adjacent to an activating group) is 1. The Morgan fingerprint density at radius 3 is 1.42 bits per heavy atom. The van der Waals surface area contributed by atoms with E-state index in [-0.39, 0.29) is 32.0 Å². The Bertz CT molecular complexity index is 907. The molecule has 9 nitrogen and oxygen atoms in total. The first-order chi connectivity index (χ1) is 25.0. The van der Waals surface area contributed by atoms with Crippen molar-refractivity contribution in [3.05, 3.63) is 12.2 Å². The molecule has 308 valence electrons. The number of hydrogen-bond acceptors (Lipinski definition) is 8. The third-order valence-corrected chi connectivity index (χ3v) is 10.2. The standard InChI is InChI=1S/C42H82NO8P/c1-6-8-10-12-14-16-18-20-21-23-24-26-28-30-32-34-41(44)48-38-40(39-50-52(46,47)49-37-36-43(3,4)5)51-42(45)35-33-31-29-27-25-22-19-17-15-13-11-9-7-2/h20-21,40H,6-19,22-39H2,1-5H3/b21-20-/t40-/m1/s1. The number of phosphoric acid groups is 1. The molecule has 0 saturated heterocycles. The molecule has 0 aliphatic carbocycles. The fourth-order valence-electron chi connectivity index (χ4n) is 5.88. The molecular formula is C42H82NO8P. The number of unbranched alkanes of at least 4 members (excludes halogenated alkanes) is 23. The lowest BCUT2D eigenvalue weighted by Gasteiger charge is -2.28. The summed E-state index contributed by atoms with van der Waals surface area (Å²) in [6, 6.07) is 0. The van der Waals surface area contributed by atoms with Gasteiger partial charge < -0.3 is 27.9 Å². The predicted molar refractivity (Wildman–Crippen MR) is 213 cm³/mol. The number of allylic oxidation sites excluding steroid dienone is 2. The van der Waals surface area contributed by atoms with Crippen LogP contribution in [0.3, 0.4) is 0 Å². The van der Waals surface area contributed by atoms with Gasteiger partial charge in [0.05, 0.1) is 27.7 Å². The quantitative estimate of drug-likeness (QED) is 0.0200. The van der Waals surface area contributed by atoms with Crippen molar-refractivity contribution in [2.75, 3.05) is 47.5 Å². The molecule has 52 heavy (non-hydrogen) atoms. The highest BCUT2D eigenvalue weighted by atomic mass is 31.2. The maximum absolute atomic E-state index is 12.6. The van der Waals surface area contributed by atoms with Crippen molar-refractivity contribution >= 4 is 19.8 Å². The summed E-state index contributed by atoms with van der Waals surface area (Å²) >= 11 is 0. The lowest BCUT2D eigenvalue weighted by atomic mass is 10.0. The van der Waals surface area contributed by atoms with Gasteiger partial charge in [-0.25, -0.2) is 0 Å². The lowest BCUT2D eigenvalue weighted by Crippen LogP contribution is -2.37. The van der Waals surface area contributed by atoms with E-state index >= 15 is 0 Å². The molecule has 0 aromatic rings. The van der Waals surface area contributed by atoms with E-state index in [1.165, 1.54) is 109 Å². The normalized spacial score (nSPS) is 13.7. The first kappa shape index (κ1) is 50.8. The van der Waals surface area contributed by atoms with E-state index in [9.17, 15) is 19.0 Å². The number of carbonyl (C=O) groups excluding carboxylic acids is 2. The monoisotopic (exact) mass is 760 g/mol. The van der Waals surface area contributed by atoms with Gasteiger partial charge in [0, 0.05) is 12.8 Å². The summed E-state index contributed by atoms with van der Waals surface area (Å²) in [5.74, 6) is -0.837. The maximum Gasteiger partial charge on any atom is 0.306 e. The van der Waals surface area contributed by atoms with Gasteiger partial charge in [0.1, 0.15) is 19.8 Å². The second-order valence-corrected chi connectivity index (χ2v) is 17.1. The molecule has 0 saturated carbocycles. The Morgan fingerprint density at radius 2 is 0.981 bits per heavy atom. The molecule has 0 N–H and O–H groups in total. The van der Waals surface area contributed by atoms with Crippen molar-refractivity contribution in [3.8, 4) is 0 Å². The Kier molecular flexibility index (Phi) is 34.6. The van der Waals surface area contributed by atoms with Crippen molar-refractivity contribution in [3.63, 3.8) is 0 Å². The third-order valence-electron chi connectivity index (χ3n) is 9.29.